The number of hydrogen-bond acceptors (Lipinski definition) is 4. The summed E-state index contributed by atoms with van der Waals surface area (Å²) < 4.78 is 18.8. The van der Waals surface area contributed by atoms with E-state index in [4.69, 9.17) is 4.42 Å². The standard InChI is InChI=1S/C19H18FN3O2/c20-17-6-2-1-4-14(17)7-9-21-15-8-10-22-18(12-15)19(24)23-13-16-5-3-11-25-16/h1-6,8,10-12H,7,9,13H2,(H,21,22)(H,23,24). The number of amides is 1. The lowest BCUT2D eigenvalue weighted by atomic mass is 10.1. The van der Waals surface area contributed by atoms with Crippen molar-refractivity contribution < 1.29 is 13.6 Å². The van der Waals surface area contributed by atoms with E-state index in [1.807, 2.05) is 6.07 Å². The molecule has 128 valence electrons. The SMILES string of the molecule is O=C(NCc1ccco1)c1cc(NCCc2ccccc2F)ccn1. The lowest BCUT2D eigenvalue weighted by Crippen LogP contribution is -2.23. The van der Waals surface area contributed by atoms with Gasteiger partial charge < -0.3 is 15.1 Å². The van der Waals surface area contributed by atoms with Crippen LogP contribution in [0.15, 0.2) is 65.4 Å². The molecule has 0 atom stereocenters. The van der Waals surface area contributed by atoms with Crippen LogP contribution in [0.1, 0.15) is 21.8 Å². The molecule has 2 heterocycles. The van der Waals surface area contributed by atoms with Crippen LogP contribution in [0.25, 0.3) is 0 Å². The van der Waals surface area contributed by atoms with Crippen LogP contribution in [-0.4, -0.2) is 17.4 Å². The highest BCUT2D eigenvalue weighted by atomic mass is 19.1. The lowest BCUT2D eigenvalue weighted by molar-refractivity contribution is 0.0943. The van der Waals surface area contributed by atoms with Gasteiger partial charge in [0.25, 0.3) is 5.91 Å². The molecule has 0 spiro atoms. The molecule has 2 N–H and O–H groups in total. The Kier molecular flexibility index (Phi) is 5.41. The first kappa shape index (κ1) is 16.7. The maximum atomic E-state index is 13.6. The molecule has 3 rings (SSSR count). The van der Waals surface area contributed by atoms with Gasteiger partial charge in [0.1, 0.15) is 17.3 Å². The molecule has 1 amide bonds. The molecule has 6 heteroatoms. The van der Waals surface area contributed by atoms with E-state index in [9.17, 15) is 9.18 Å². The highest BCUT2D eigenvalue weighted by molar-refractivity contribution is 5.93. The van der Waals surface area contributed by atoms with Gasteiger partial charge in [-0.2, -0.15) is 0 Å². The zero-order valence-electron chi connectivity index (χ0n) is 13.5. The summed E-state index contributed by atoms with van der Waals surface area (Å²) in [6.07, 6.45) is 3.67. The monoisotopic (exact) mass is 339 g/mol. The summed E-state index contributed by atoms with van der Waals surface area (Å²) in [6.45, 7) is 0.858. The number of nitrogens with zero attached hydrogens (tertiary/aromatic N) is 1. The third-order valence-electron chi connectivity index (χ3n) is 3.68. The van der Waals surface area contributed by atoms with Gasteiger partial charge >= 0.3 is 0 Å². The molecule has 0 saturated carbocycles. The molecule has 0 saturated heterocycles. The van der Waals surface area contributed by atoms with Gasteiger partial charge in [-0.05, 0) is 42.3 Å². The summed E-state index contributed by atoms with van der Waals surface area (Å²) in [5.74, 6) is 0.179. The Labute approximate surface area is 144 Å². The molecular weight excluding hydrogens is 321 g/mol. The second-order valence-corrected chi connectivity index (χ2v) is 5.46. The summed E-state index contributed by atoms with van der Waals surface area (Å²) in [5, 5.41) is 5.93. The highest BCUT2D eigenvalue weighted by Gasteiger charge is 2.08. The van der Waals surface area contributed by atoms with Gasteiger partial charge in [-0.1, -0.05) is 18.2 Å². The van der Waals surface area contributed by atoms with Crippen molar-refractivity contribution in [3.05, 3.63) is 83.8 Å². The van der Waals surface area contributed by atoms with Crippen molar-refractivity contribution in [2.24, 2.45) is 0 Å². The quantitative estimate of drug-likeness (QED) is 0.692. The predicted molar refractivity (Wildman–Crippen MR) is 92.7 cm³/mol. The van der Waals surface area contributed by atoms with Crippen molar-refractivity contribution in [2.75, 3.05) is 11.9 Å². The van der Waals surface area contributed by atoms with Crippen LogP contribution in [0.2, 0.25) is 0 Å². The number of benzene rings is 1. The van der Waals surface area contributed by atoms with Gasteiger partial charge in [0.2, 0.25) is 0 Å². The Hall–Kier alpha value is -3.15. The normalized spacial score (nSPS) is 10.4. The van der Waals surface area contributed by atoms with Crippen molar-refractivity contribution in [3.8, 4) is 0 Å². The Morgan fingerprint density at radius 1 is 1.16 bits per heavy atom. The molecule has 2 aromatic heterocycles. The first-order chi connectivity index (χ1) is 12.2. The second-order valence-electron chi connectivity index (χ2n) is 5.46. The molecular formula is C19H18FN3O2. The van der Waals surface area contributed by atoms with E-state index in [0.717, 1.165) is 5.69 Å². The molecule has 1 aromatic carbocycles. The molecule has 0 radical (unpaired) electrons. The van der Waals surface area contributed by atoms with Crippen LogP contribution < -0.4 is 10.6 Å². The molecule has 5 nitrogen and oxygen atoms in total. The van der Waals surface area contributed by atoms with Crippen LogP contribution in [0.3, 0.4) is 0 Å². The van der Waals surface area contributed by atoms with Gasteiger partial charge in [-0.3, -0.25) is 9.78 Å². The smallest absolute Gasteiger partial charge is 0.270 e. The van der Waals surface area contributed by atoms with Crippen molar-refractivity contribution >= 4 is 11.6 Å². The zero-order valence-corrected chi connectivity index (χ0v) is 13.5. The molecule has 3 aromatic rings. The van der Waals surface area contributed by atoms with Gasteiger partial charge in [0.15, 0.2) is 0 Å². The third-order valence-corrected chi connectivity index (χ3v) is 3.68. The topological polar surface area (TPSA) is 67.2 Å². The van der Waals surface area contributed by atoms with E-state index >= 15 is 0 Å². The zero-order chi connectivity index (χ0) is 17.5. The fraction of sp³-hybridized carbons (Fsp3) is 0.158. The predicted octanol–water partition coefficient (Wildman–Crippen LogP) is 3.40. The molecule has 0 bridgehead atoms. The molecule has 0 aliphatic rings. The number of pyridine rings is 1. The van der Waals surface area contributed by atoms with Gasteiger partial charge in [0, 0.05) is 18.4 Å². The van der Waals surface area contributed by atoms with Crippen LogP contribution in [0.4, 0.5) is 10.1 Å². The van der Waals surface area contributed by atoms with E-state index in [1.165, 1.54) is 6.07 Å². The highest BCUT2D eigenvalue weighted by Crippen LogP contribution is 2.11. The number of nitrogens with one attached hydrogen (secondary N) is 2. The van der Waals surface area contributed by atoms with Crippen molar-refractivity contribution in [1.82, 2.24) is 10.3 Å². The van der Waals surface area contributed by atoms with Crippen LogP contribution >= 0.6 is 0 Å². The summed E-state index contributed by atoms with van der Waals surface area (Å²) in [5.41, 5.74) is 1.72. The number of furan rings is 1. The number of anilines is 1. The molecule has 0 unspecified atom stereocenters. The van der Waals surface area contributed by atoms with E-state index in [0.29, 0.717) is 36.5 Å². The number of carbonyl (C=O) groups is 1. The van der Waals surface area contributed by atoms with Crippen molar-refractivity contribution in [1.29, 1.82) is 0 Å². The van der Waals surface area contributed by atoms with Gasteiger partial charge in [-0.25, -0.2) is 4.39 Å². The first-order valence-corrected chi connectivity index (χ1v) is 7.96. The summed E-state index contributed by atoms with van der Waals surface area (Å²) in [4.78, 5) is 16.2. The van der Waals surface area contributed by atoms with Gasteiger partial charge in [-0.15, -0.1) is 0 Å². The Bertz CT molecular complexity index is 834. The minimum Gasteiger partial charge on any atom is -0.467 e. The summed E-state index contributed by atoms with van der Waals surface area (Å²) in [6, 6.07) is 13.7. The summed E-state index contributed by atoms with van der Waals surface area (Å²) >= 11 is 0. The number of aromatic nitrogens is 1. The maximum Gasteiger partial charge on any atom is 0.270 e. The fourth-order valence-electron chi connectivity index (χ4n) is 2.38. The van der Waals surface area contributed by atoms with Crippen molar-refractivity contribution in [2.45, 2.75) is 13.0 Å². The van der Waals surface area contributed by atoms with E-state index in [-0.39, 0.29) is 11.7 Å². The Balaban J connectivity index is 1.54. The minimum atomic E-state index is -0.283. The Morgan fingerprint density at radius 3 is 2.84 bits per heavy atom. The number of carbonyl (C=O) groups excluding carboxylic acids is 1. The molecule has 0 aliphatic carbocycles. The number of rotatable bonds is 7. The lowest BCUT2D eigenvalue weighted by Gasteiger charge is -2.09. The van der Waals surface area contributed by atoms with E-state index in [1.54, 1.807) is 48.9 Å². The van der Waals surface area contributed by atoms with E-state index in [2.05, 4.69) is 15.6 Å². The third kappa shape index (κ3) is 4.67. The summed E-state index contributed by atoms with van der Waals surface area (Å²) in [7, 11) is 0. The van der Waals surface area contributed by atoms with Crippen LogP contribution in [-0.2, 0) is 13.0 Å². The minimum absolute atomic E-state index is 0.211. The molecule has 0 fully saturated rings. The maximum absolute atomic E-state index is 13.6. The van der Waals surface area contributed by atoms with Crippen molar-refractivity contribution in [3.63, 3.8) is 0 Å². The second kappa shape index (κ2) is 8.10. The van der Waals surface area contributed by atoms with E-state index < -0.39 is 0 Å². The molecule has 25 heavy (non-hydrogen) atoms. The fourth-order valence-corrected chi connectivity index (χ4v) is 2.38. The van der Waals surface area contributed by atoms with Gasteiger partial charge in [0.05, 0.1) is 12.8 Å². The average molecular weight is 339 g/mol. The Morgan fingerprint density at radius 2 is 2.04 bits per heavy atom. The number of halogens is 1. The molecule has 0 aliphatic heterocycles. The number of hydrogen-bond donors (Lipinski definition) is 2. The first-order valence-electron chi connectivity index (χ1n) is 7.96. The average Bonchev–Trinajstić information content (AvgIpc) is 3.15. The van der Waals surface area contributed by atoms with Crippen LogP contribution in [0.5, 0.6) is 0 Å². The largest absolute Gasteiger partial charge is 0.467 e. The van der Waals surface area contributed by atoms with Crippen LogP contribution in [0, 0.1) is 5.82 Å².